The van der Waals surface area contributed by atoms with Crippen molar-refractivity contribution in [2.45, 2.75) is 89.4 Å². The van der Waals surface area contributed by atoms with Crippen LogP contribution in [0.1, 0.15) is 71.3 Å². The van der Waals surface area contributed by atoms with Crippen molar-refractivity contribution in [1.29, 1.82) is 0 Å². The van der Waals surface area contributed by atoms with Crippen molar-refractivity contribution in [3.8, 4) is 0 Å². The van der Waals surface area contributed by atoms with Gasteiger partial charge < -0.3 is 16.0 Å². The molecule has 0 saturated heterocycles. The third-order valence-corrected chi connectivity index (χ3v) is 6.17. The molecular formula is C22H32N6O2. The van der Waals surface area contributed by atoms with Crippen molar-refractivity contribution in [2.75, 3.05) is 5.32 Å². The molecule has 4 rings (SSSR count). The number of anilines is 1. The first kappa shape index (κ1) is 20.6. The first-order chi connectivity index (χ1) is 14.5. The van der Waals surface area contributed by atoms with Crippen LogP contribution in [0.2, 0.25) is 0 Å². The second kappa shape index (κ2) is 9.02. The number of amides is 2. The SMILES string of the molecule is CC(C)NC(=O)NC1CCC(Nc2ncc3ccc(=O)n(C4CCCC4)c3n2)CC1. The molecular weight excluding hydrogens is 380 g/mol. The summed E-state index contributed by atoms with van der Waals surface area (Å²) in [6, 6.07) is 4.18. The normalized spacial score (nSPS) is 22.4. The molecule has 0 aliphatic heterocycles. The van der Waals surface area contributed by atoms with E-state index in [1.54, 1.807) is 12.3 Å². The summed E-state index contributed by atoms with van der Waals surface area (Å²) in [6.45, 7) is 3.91. The van der Waals surface area contributed by atoms with Crippen LogP contribution in [0.5, 0.6) is 0 Å². The Morgan fingerprint density at radius 3 is 2.47 bits per heavy atom. The highest BCUT2D eigenvalue weighted by atomic mass is 16.2. The second-order valence-electron chi connectivity index (χ2n) is 8.92. The maximum Gasteiger partial charge on any atom is 0.315 e. The van der Waals surface area contributed by atoms with Gasteiger partial charge in [-0.3, -0.25) is 9.36 Å². The molecule has 0 radical (unpaired) electrons. The molecule has 0 aromatic carbocycles. The average molecular weight is 413 g/mol. The maximum atomic E-state index is 12.6. The van der Waals surface area contributed by atoms with E-state index in [9.17, 15) is 9.59 Å². The van der Waals surface area contributed by atoms with Gasteiger partial charge in [0, 0.05) is 41.8 Å². The summed E-state index contributed by atoms with van der Waals surface area (Å²) in [5, 5.41) is 10.3. The van der Waals surface area contributed by atoms with Gasteiger partial charge >= 0.3 is 6.03 Å². The Labute approximate surface area is 176 Å². The largest absolute Gasteiger partial charge is 0.351 e. The van der Waals surface area contributed by atoms with E-state index in [4.69, 9.17) is 4.98 Å². The number of nitrogens with zero attached hydrogens (tertiary/aromatic N) is 3. The molecule has 2 saturated carbocycles. The number of aromatic nitrogens is 3. The van der Waals surface area contributed by atoms with E-state index in [0.29, 0.717) is 5.95 Å². The molecule has 3 N–H and O–H groups in total. The van der Waals surface area contributed by atoms with E-state index in [-0.39, 0.29) is 35.8 Å². The van der Waals surface area contributed by atoms with Gasteiger partial charge in [-0.15, -0.1) is 0 Å². The van der Waals surface area contributed by atoms with Crippen LogP contribution in [-0.4, -0.2) is 38.7 Å². The predicted octanol–water partition coefficient (Wildman–Crippen LogP) is 3.34. The molecule has 2 aromatic heterocycles. The molecule has 0 spiro atoms. The average Bonchev–Trinajstić information content (AvgIpc) is 3.23. The zero-order valence-corrected chi connectivity index (χ0v) is 17.9. The van der Waals surface area contributed by atoms with Gasteiger partial charge in [0.2, 0.25) is 5.95 Å². The lowest BCUT2D eigenvalue weighted by Crippen LogP contribution is -2.46. The highest BCUT2D eigenvalue weighted by molar-refractivity contribution is 5.75. The predicted molar refractivity (Wildman–Crippen MR) is 118 cm³/mol. The number of nitrogens with one attached hydrogen (secondary N) is 3. The van der Waals surface area contributed by atoms with Crippen LogP contribution >= 0.6 is 0 Å². The van der Waals surface area contributed by atoms with Gasteiger partial charge in [0.15, 0.2) is 0 Å². The highest BCUT2D eigenvalue weighted by Crippen LogP contribution is 2.30. The molecule has 8 heteroatoms. The van der Waals surface area contributed by atoms with E-state index < -0.39 is 0 Å². The van der Waals surface area contributed by atoms with Crippen LogP contribution in [0.15, 0.2) is 23.1 Å². The van der Waals surface area contributed by atoms with Gasteiger partial charge in [0.1, 0.15) is 5.65 Å². The maximum absolute atomic E-state index is 12.6. The Morgan fingerprint density at radius 2 is 1.77 bits per heavy atom. The fourth-order valence-corrected chi connectivity index (χ4v) is 4.68. The summed E-state index contributed by atoms with van der Waals surface area (Å²) in [5.74, 6) is 0.578. The molecule has 2 heterocycles. The first-order valence-corrected chi connectivity index (χ1v) is 11.2. The van der Waals surface area contributed by atoms with Gasteiger partial charge in [-0.05, 0) is 58.4 Å². The summed E-state index contributed by atoms with van der Waals surface area (Å²) in [7, 11) is 0. The van der Waals surface area contributed by atoms with E-state index in [2.05, 4.69) is 20.9 Å². The first-order valence-electron chi connectivity index (χ1n) is 11.2. The zero-order chi connectivity index (χ0) is 21.1. The lowest BCUT2D eigenvalue weighted by molar-refractivity contribution is 0.229. The Hall–Kier alpha value is -2.64. The van der Waals surface area contributed by atoms with Crippen molar-refractivity contribution in [3.63, 3.8) is 0 Å². The summed E-state index contributed by atoms with van der Waals surface area (Å²) in [5.41, 5.74) is 0.748. The van der Waals surface area contributed by atoms with E-state index in [1.165, 1.54) is 0 Å². The fraction of sp³-hybridized carbons (Fsp3) is 0.636. The Bertz CT molecular complexity index is 942. The fourth-order valence-electron chi connectivity index (χ4n) is 4.68. The minimum absolute atomic E-state index is 0.0188. The van der Waals surface area contributed by atoms with Gasteiger partial charge in [-0.1, -0.05) is 12.8 Å². The van der Waals surface area contributed by atoms with Crippen molar-refractivity contribution < 1.29 is 4.79 Å². The number of carbonyl (C=O) groups is 1. The summed E-state index contributed by atoms with van der Waals surface area (Å²) in [4.78, 5) is 33.7. The molecule has 8 nitrogen and oxygen atoms in total. The zero-order valence-electron chi connectivity index (χ0n) is 17.9. The minimum Gasteiger partial charge on any atom is -0.351 e. The van der Waals surface area contributed by atoms with Crippen LogP contribution in [-0.2, 0) is 0 Å². The van der Waals surface area contributed by atoms with Crippen LogP contribution in [0.25, 0.3) is 11.0 Å². The number of hydrogen-bond donors (Lipinski definition) is 3. The van der Waals surface area contributed by atoms with Crippen molar-refractivity contribution in [3.05, 3.63) is 28.7 Å². The summed E-state index contributed by atoms with van der Waals surface area (Å²) < 4.78 is 1.86. The minimum atomic E-state index is -0.0934. The lowest BCUT2D eigenvalue weighted by Gasteiger charge is -2.30. The number of hydrogen-bond acceptors (Lipinski definition) is 5. The highest BCUT2D eigenvalue weighted by Gasteiger charge is 2.24. The molecule has 0 unspecified atom stereocenters. The van der Waals surface area contributed by atoms with Gasteiger partial charge in [-0.2, -0.15) is 4.98 Å². The molecule has 162 valence electrons. The van der Waals surface area contributed by atoms with E-state index in [0.717, 1.165) is 62.4 Å². The monoisotopic (exact) mass is 412 g/mol. The van der Waals surface area contributed by atoms with Gasteiger partial charge in [-0.25, -0.2) is 9.78 Å². The summed E-state index contributed by atoms with van der Waals surface area (Å²) in [6.07, 6.45) is 9.93. The van der Waals surface area contributed by atoms with Crippen LogP contribution in [0.3, 0.4) is 0 Å². The molecule has 2 amide bonds. The molecule has 0 atom stereocenters. The molecule has 2 aliphatic carbocycles. The Morgan fingerprint density at radius 1 is 1.07 bits per heavy atom. The molecule has 30 heavy (non-hydrogen) atoms. The number of carbonyl (C=O) groups excluding carboxylic acids is 1. The third kappa shape index (κ3) is 4.74. The second-order valence-corrected chi connectivity index (χ2v) is 8.92. The van der Waals surface area contributed by atoms with Crippen LogP contribution in [0.4, 0.5) is 10.7 Å². The standard InChI is InChI=1S/C22H32N6O2/c1-14(2)24-22(30)26-17-10-8-16(9-11-17)25-21-23-13-15-7-12-19(29)28(20(15)27-21)18-5-3-4-6-18/h7,12-14,16-18H,3-6,8-11H2,1-2H3,(H,23,25,27)(H2,24,26,30). The quantitative estimate of drug-likeness (QED) is 0.699. The third-order valence-electron chi connectivity index (χ3n) is 6.17. The van der Waals surface area contributed by atoms with Gasteiger partial charge in [0.25, 0.3) is 5.56 Å². The molecule has 2 aromatic rings. The number of fused-ring (bicyclic) bond motifs is 1. The Kier molecular flexibility index (Phi) is 6.20. The topological polar surface area (TPSA) is 101 Å². The molecule has 2 fully saturated rings. The van der Waals surface area contributed by atoms with E-state index in [1.807, 2.05) is 24.5 Å². The lowest BCUT2D eigenvalue weighted by atomic mass is 9.91. The van der Waals surface area contributed by atoms with Gasteiger partial charge in [0.05, 0.1) is 0 Å². The number of pyridine rings is 1. The Balaban J connectivity index is 1.42. The molecule has 2 aliphatic rings. The van der Waals surface area contributed by atoms with Crippen molar-refractivity contribution in [2.24, 2.45) is 0 Å². The van der Waals surface area contributed by atoms with Crippen molar-refractivity contribution >= 4 is 23.0 Å². The van der Waals surface area contributed by atoms with Crippen molar-refractivity contribution in [1.82, 2.24) is 25.2 Å². The summed E-state index contributed by atoms with van der Waals surface area (Å²) >= 11 is 0. The smallest absolute Gasteiger partial charge is 0.315 e. The molecule has 0 bridgehead atoms. The van der Waals surface area contributed by atoms with E-state index >= 15 is 0 Å². The van der Waals surface area contributed by atoms with Crippen LogP contribution in [0, 0.1) is 0 Å². The number of rotatable bonds is 5. The van der Waals surface area contributed by atoms with Crippen LogP contribution < -0.4 is 21.5 Å². The number of urea groups is 1.